The van der Waals surface area contributed by atoms with Crippen molar-refractivity contribution in [3.05, 3.63) is 59.7 Å². The van der Waals surface area contributed by atoms with Crippen LogP contribution in [0.5, 0.6) is 11.5 Å². The van der Waals surface area contributed by atoms with Crippen molar-refractivity contribution in [2.45, 2.75) is 19.8 Å². The summed E-state index contributed by atoms with van der Waals surface area (Å²) < 4.78 is 38.4. The van der Waals surface area contributed by atoms with Gasteiger partial charge in [0.15, 0.2) is 0 Å². The molecule has 1 aliphatic heterocycles. The van der Waals surface area contributed by atoms with Crippen LogP contribution in [0.2, 0.25) is 0 Å². The summed E-state index contributed by atoms with van der Waals surface area (Å²) in [4.78, 5) is 24.1. The zero-order valence-electron chi connectivity index (χ0n) is 17.4. The highest BCUT2D eigenvalue weighted by Crippen LogP contribution is 2.47. The number of rotatable bonds is 11. The number of ether oxygens (including phenoxy) is 3. The van der Waals surface area contributed by atoms with Gasteiger partial charge in [-0.2, -0.15) is 0 Å². The molecule has 8 nitrogen and oxygen atoms in total. The Balaban J connectivity index is 1.48. The van der Waals surface area contributed by atoms with Crippen molar-refractivity contribution in [3.63, 3.8) is 0 Å². The van der Waals surface area contributed by atoms with Crippen molar-refractivity contribution in [3.8, 4) is 11.5 Å². The van der Waals surface area contributed by atoms with E-state index in [1.165, 1.54) is 0 Å². The zero-order valence-corrected chi connectivity index (χ0v) is 18.3. The lowest BCUT2D eigenvalue weighted by atomic mass is 9.93. The minimum Gasteiger partial charge on any atom is -0.490 e. The predicted molar refractivity (Wildman–Crippen MR) is 113 cm³/mol. The zero-order chi connectivity index (χ0) is 22.3. The summed E-state index contributed by atoms with van der Waals surface area (Å²) >= 11 is 0. The van der Waals surface area contributed by atoms with Gasteiger partial charge in [0.25, 0.3) is 0 Å². The molecule has 1 unspecified atom stereocenters. The van der Waals surface area contributed by atoms with Crippen molar-refractivity contribution in [2.75, 3.05) is 32.6 Å². The quantitative estimate of drug-likeness (QED) is 0.221. The van der Waals surface area contributed by atoms with E-state index in [2.05, 4.69) is 0 Å². The summed E-state index contributed by atoms with van der Waals surface area (Å²) in [6, 6.07) is 14.4. The van der Waals surface area contributed by atoms with Crippen LogP contribution < -0.4 is 9.47 Å². The summed E-state index contributed by atoms with van der Waals surface area (Å²) in [5, 5.41) is 0. The maximum atomic E-state index is 12.3. The van der Waals surface area contributed by atoms with E-state index in [1.807, 2.05) is 18.2 Å². The van der Waals surface area contributed by atoms with Crippen molar-refractivity contribution in [2.24, 2.45) is 0 Å². The number of para-hydroxylation sites is 1. The number of esters is 2. The molecule has 2 aromatic carbocycles. The lowest BCUT2D eigenvalue weighted by Crippen LogP contribution is -2.17. The molecule has 0 fully saturated rings. The number of benzene rings is 2. The largest absolute Gasteiger partial charge is 0.490 e. The Morgan fingerprint density at radius 2 is 1.68 bits per heavy atom. The predicted octanol–water partition coefficient (Wildman–Crippen LogP) is 3.93. The molecule has 0 spiro atoms. The summed E-state index contributed by atoms with van der Waals surface area (Å²) in [5.74, 6) is -0.301. The minimum absolute atomic E-state index is 0.0127. The topological polar surface area (TPSA) is 97.4 Å². The number of carbonyl (C=O) groups is 2. The van der Waals surface area contributed by atoms with Crippen LogP contribution in [-0.2, 0) is 27.9 Å². The van der Waals surface area contributed by atoms with Crippen LogP contribution in [0.3, 0.4) is 0 Å². The van der Waals surface area contributed by atoms with Gasteiger partial charge < -0.3 is 23.3 Å². The van der Waals surface area contributed by atoms with Gasteiger partial charge in [0.2, 0.25) is 0 Å². The first kappa shape index (κ1) is 23.0. The fourth-order valence-corrected chi connectivity index (χ4v) is 4.67. The van der Waals surface area contributed by atoms with Crippen LogP contribution in [0, 0.1) is 0 Å². The van der Waals surface area contributed by atoms with E-state index in [0.29, 0.717) is 11.5 Å². The SMILES string of the molecule is CCOP(=O)(CC(=O)OCCOc1ccc(C2C(=O)Oc3ccccc32)cc1)OCC. The molecule has 0 aromatic heterocycles. The Hall–Kier alpha value is -2.67. The molecular formula is C22H25O8P. The molecule has 0 saturated carbocycles. The third-order valence-electron chi connectivity index (χ3n) is 4.48. The van der Waals surface area contributed by atoms with Gasteiger partial charge in [0.05, 0.1) is 13.2 Å². The fourth-order valence-electron chi connectivity index (χ4n) is 3.22. The minimum atomic E-state index is -3.48. The highest BCUT2D eigenvalue weighted by Gasteiger charge is 2.34. The summed E-state index contributed by atoms with van der Waals surface area (Å²) in [6.45, 7) is 3.80. The van der Waals surface area contributed by atoms with Crippen LogP contribution in [0.1, 0.15) is 30.9 Å². The van der Waals surface area contributed by atoms with Gasteiger partial charge in [0.1, 0.15) is 36.8 Å². The van der Waals surface area contributed by atoms with Gasteiger partial charge >= 0.3 is 19.5 Å². The Morgan fingerprint density at radius 3 is 2.35 bits per heavy atom. The van der Waals surface area contributed by atoms with Gasteiger partial charge in [-0.25, -0.2) is 0 Å². The molecule has 1 aliphatic rings. The van der Waals surface area contributed by atoms with Crippen molar-refractivity contribution >= 4 is 19.5 Å². The van der Waals surface area contributed by atoms with Crippen molar-refractivity contribution < 1.29 is 37.4 Å². The molecule has 1 heterocycles. The fraction of sp³-hybridized carbons (Fsp3) is 0.364. The van der Waals surface area contributed by atoms with E-state index < -0.39 is 25.6 Å². The van der Waals surface area contributed by atoms with Gasteiger partial charge in [0, 0.05) is 5.56 Å². The Morgan fingerprint density at radius 1 is 1.00 bits per heavy atom. The van der Waals surface area contributed by atoms with Crippen molar-refractivity contribution in [1.82, 2.24) is 0 Å². The molecule has 2 aromatic rings. The van der Waals surface area contributed by atoms with E-state index >= 15 is 0 Å². The third kappa shape index (κ3) is 5.94. The normalized spacial score (nSPS) is 15.3. The molecule has 0 bridgehead atoms. The molecule has 0 aliphatic carbocycles. The van der Waals surface area contributed by atoms with Gasteiger partial charge in [-0.3, -0.25) is 14.2 Å². The second kappa shape index (κ2) is 10.6. The molecule has 0 radical (unpaired) electrons. The first-order chi connectivity index (χ1) is 15.0. The Kier molecular flexibility index (Phi) is 7.85. The van der Waals surface area contributed by atoms with Crippen LogP contribution >= 0.6 is 7.60 Å². The number of hydrogen-bond donors (Lipinski definition) is 0. The first-order valence-electron chi connectivity index (χ1n) is 10.0. The monoisotopic (exact) mass is 448 g/mol. The van der Waals surface area contributed by atoms with Gasteiger partial charge in [-0.15, -0.1) is 0 Å². The average molecular weight is 448 g/mol. The summed E-state index contributed by atoms with van der Waals surface area (Å²) in [5.41, 5.74) is 1.64. The molecule has 166 valence electrons. The van der Waals surface area contributed by atoms with Crippen LogP contribution in [-0.4, -0.2) is 44.5 Å². The van der Waals surface area contributed by atoms with E-state index in [4.69, 9.17) is 23.3 Å². The molecule has 31 heavy (non-hydrogen) atoms. The van der Waals surface area contributed by atoms with Crippen LogP contribution in [0.15, 0.2) is 48.5 Å². The first-order valence-corrected chi connectivity index (χ1v) is 11.8. The highest BCUT2D eigenvalue weighted by atomic mass is 31.2. The smallest absolute Gasteiger partial charge is 0.341 e. The Labute approximate surface area is 180 Å². The van der Waals surface area contributed by atoms with Crippen LogP contribution in [0.4, 0.5) is 0 Å². The molecule has 0 N–H and O–H groups in total. The molecular weight excluding hydrogens is 423 g/mol. The lowest BCUT2D eigenvalue weighted by Gasteiger charge is -2.16. The Bertz CT molecular complexity index is 946. The maximum Gasteiger partial charge on any atom is 0.341 e. The second-order valence-corrected chi connectivity index (χ2v) is 8.69. The average Bonchev–Trinajstić information content (AvgIpc) is 3.07. The molecule has 0 amide bonds. The summed E-state index contributed by atoms with van der Waals surface area (Å²) in [7, 11) is -3.48. The van der Waals surface area contributed by atoms with E-state index in [-0.39, 0.29) is 32.4 Å². The van der Waals surface area contributed by atoms with Crippen LogP contribution in [0.25, 0.3) is 0 Å². The number of hydrogen-bond acceptors (Lipinski definition) is 8. The van der Waals surface area contributed by atoms with Crippen molar-refractivity contribution in [1.29, 1.82) is 0 Å². The van der Waals surface area contributed by atoms with E-state index in [0.717, 1.165) is 11.1 Å². The van der Waals surface area contributed by atoms with E-state index in [9.17, 15) is 14.2 Å². The third-order valence-corrected chi connectivity index (χ3v) is 6.43. The second-order valence-electron chi connectivity index (χ2n) is 6.63. The molecule has 9 heteroatoms. The lowest BCUT2D eigenvalue weighted by molar-refractivity contribution is -0.141. The summed E-state index contributed by atoms with van der Waals surface area (Å²) in [6.07, 6.45) is -0.442. The molecule has 0 saturated heterocycles. The maximum absolute atomic E-state index is 12.3. The van der Waals surface area contributed by atoms with Gasteiger partial charge in [-0.05, 0) is 37.6 Å². The molecule has 3 rings (SSSR count). The van der Waals surface area contributed by atoms with Gasteiger partial charge in [-0.1, -0.05) is 30.3 Å². The standard InChI is InChI=1S/C22H25O8P/c1-3-28-31(25,29-4-2)15-20(23)27-14-13-26-17-11-9-16(10-12-17)21-18-7-5-6-8-19(18)30-22(21)24/h5-12,21H,3-4,13-15H2,1-2H3. The number of carbonyl (C=O) groups excluding carboxylic acids is 2. The molecule has 1 atom stereocenters. The van der Waals surface area contributed by atoms with E-state index in [1.54, 1.807) is 44.2 Å². The number of fused-ring (bicyclic) bond motifs is 1. The highest BCUT2D eigenvalue weighted by molar-refractivity contribution is 7.54.